The van der Waals surface area contributed by atoms with Crippen LogP contribution in [-0.4, -0.2) is 49.2 Å². The predicted octanol–water partition coefficient (Wildman–Crippen LogP) is 4.31. The molecular weight excluding hydrogens is 425 g/mol. The molecule has 1 fully saturated rings. The van der Waals surface area contributed by atoms with Crippen molar-refractivity contribution in [1.29, 1.82) is 0 Å². The minimum Gasteiger partial charge on any atom is -0.373 e. The summed E-state index contributed by atoms with van der Waals surface area (Å²) in [6.07, 6.45) is -0.309. The second-order valence-corrected chi connectivity index (χ2v) is 7.47. The number of carbonyl (C=O) groups is 2. The third-order valence-electron chi connectivity index (χ3n) is 4.18. The van der Waals surface area contributed by atoms with Gasteiger partial charge in [-0.3, -0.25) is 4.79 Å². The Labute approximate surface area is 177 Å². The molecule has 0 saturated carbocycles. The Morgan fingerprint density at radius 3 is 2.54 bits per heavy atom. The Kier molecular flexibility index (Phi) is 7.02. The molecule has 1 heterocycles. The van der Waals surface area contributed by atoms with Gasteiger partial charge < -0.3 is 20.3 Å². The van der Waals surface area contributed by atoms with Gasteiger partial charge in [0.25, 0.3) is 5.91 Å². The number of carbonyl (C=O) groups excluding carboxylic acids is 2. The molecule has 1 aliphatic rings. The number of ether oxygens (including phenoxy) is 1. The van der Waals surface area contributed by atoms with Crippen molar-refractivity contribution in [3.63, 3.8) is 0 Å². The average molecular weight is 443 g/mol. The minimum atomic E-state index is -0.362. The highest BCUT2D eigenvalue weighted by Crippen LogP contribution is 2.23. The molecule has 2 N–H and O–H groups in total. The molecule has 6 nitrogen and oxygen atoms in total. The first-order valence-corrected chi connectivity index (χ1v) is 9.72. The van der Waals surface area contributed by atoms with E-state index in [2.05, 4.69) is 10.6 Å². The maximum Gasteiger partial charge on any atom is 0.319 e. The van der Waals surface area contributed by atoms with Crippen molar-refractivity contribution < 1.29 is 14.3 Å². The molecule has 1 atom stereocenters. The Bertz CT molecular complexity index is 861. The Morgan fingerprint density at radius 1 is 1.07 bits per heavy atom. The fraction of sp³-hybridized carbons (Fsp3) is 0.263. The maximum absolute atomic E-state index is 12.7. The van der Waals surface area contributed by atoms with E-state index >= 15 is 0 Å². The van der Waals surface area contributed by atoms with Gasteiger partial charge in [0.2, 0.25) is 0 Å². The van der Waals surface area contributed by atoms with E-state index in [1.165, 1.54) is 0 Å². The minimum absolute atomic E-state index is 0.155. The van der Waals surface area contributed by atoms with Crippen LogP contribution in [0.4, 0.5) is 10.5 Å². The summed E-state index contributed by atoms with van der Waals surface area (Å²) in [4.78, 5) is 26.4. The van der Waals surface area contributed by atoms with Gasteiger partial charge in [0.15, 0.2) is 0 Å². The van der Waals surface area contributed by atoms with E-state index in [0.717, 1.165) is 0 Å². The number of nitrogens with zero attached hydrogens (tertiary/aromatic N) is 1. The SMILES string of the molecule is O=C(NCC1CN(C(=O)c2ccc(Cl)c(Cl)c2)CCO1)Nc1ccc(Cl)cc1. The van der Waals surface area contributed by atoms with E-state index in [-0.39, 0.29) is 24.6 Å². The zero-order valence-electron chi connectivity index (χ0n) is 14.8. The topological polar surface area (TPSA) is 70.7 Å². The number of nitrogens with one attached hydrogen (secondary N) is 2. The number of hydrogen-bond acceptors (Lipinski definition) is 3. The van der Waals surface area contributed by atoms with Gasteiger partial charge in [-0.05, 0) is 42.5 Å². The number of rotatable bonds is 4. The first kappa shape index (κ1) is 20.7. The number of amides is 3. The van der Waals surface area contributed by atoms with Crippen molar-refractivity contribution >= 4 is 52.4 Å². The molecule has 0 spiro atoms. The lowest BCUT2D eigenvalue weighted by Gasteiger charge is -2.33. The maximum atomic E-state index is 12.7. The molecule has 9 heteroatoms. The molecule has 0 aromatic heterocycles. The van der Waals surface area contributed by atoms with E-state index in [1.807, 2.05) is 0 Å². The van der Waals surface area contributed by atoms with E-state index in [1.54, 1.807) is 47.4 Å². The summed E-state index contributed by atoms with van der Waals surface area (Å²) in [7, 11) is 0. The lowest BCUT2D eigenvalue weighted by Crippen LogP contribution is -2.50. The van der Waals surface area contributed by atoms with Crippen LogP contribution in [0.1, 0.15) is 10.4 Å². The second kappa shape index (κ2) is 9.47. The molecule has 3 amide bonds. The summed E-state index contributed by atoms with van der Waals surface area (Å²) in [5.41, 5.74) is 1.09. The molecule has 28 heavy (non-hydrogen) atoms. The van der Waals surface area contributed by atoms with Gasteiger partial charge in [-0.15, -0.1) is 0 Å². The fourth-order valence-corrected chi connectivity index (χ4v) is 3.18. The fourth-order valence-electron chi connectivity index (χ4n) is 2.75. The van der Waals surface area contributed by atoms with Crippen LogP contribution < -0.4 is 10.6 Å². The summed E-state index contributed by atoms with van der Waals surface area (Å²) in [5.74, 6) is -0.155. The van der Waals surface area contributed by atoms with E-state index in [0.29, 0.717) is 46.0 Å². The molecule has 148 valence electrons. The van der Waals surface area contributed by atoms with Crippen molar-refractivity contribution in [2.45, 2.75) is 6.10 Å². The van der Waals surface area contributed by atoms with Crippen molar-refractivity contribution in [3.8, 4) is 0 Å². The van der Waals surface area contributed by atoms with Gasteiger partial charge in [0.05, 0.1) is 22.8 Å². The first-order valence-electron chi connectivity index (χ1n) is 8.59. The standard InChI is InChI=1S/C19H18Cl3N3O3/c20-13-2-4-14(5-3-13)24-19(27)23-10-15-11-25(7-8-28-15)18(26)12-1-6-16(21)17(22)9-12/h1-6,9,15H,7-8,10-11H2,(H2,23,24,27). The van der Waals surface area contributed by atoms with Gasteiger partial charge in [0.1, 0.15) is 0 Å². The molecule has 3 rings (SSSR count). The largest absolute Gasteiger partial charge is 0.373 e. The molecule has 0 aliphatic carbocycles. The van der Waals surface area contributed by atoms with Crippen molar-refractivity contribution in [1.82, 2.24) is 10.2 Å². The van der Waals surface area contributed by atoms with Gasteiger partial charge in [-0.25, -0.2) is 4.79 Å². The highest BCUT2D eigenvalue weighted by Gasteiger charge is 2.25. The monoisotopic (exact) mass is 441 g/mol. The van der Waals surface area contributed by atoms with Crippen molar-refractivity contribution in [3.05, 3.63) is 63.1 Å². The van der Waals surface area contributed by atoms with Crippen LogP contribution in [0.5, 0.6) is 0 Å². The van der Waals surface area contributed by atoms with Gasteiger partial charge in [-0.2, -0.15) is 0 Å². The normalized spacial score (nSPS) is 16.5. The number of halogens is 3. The van der Waals surface area contributed by atoms with Crippen LogP contribution in [0.15, 0.2) is 42.5 Å². The lowest BCUT2D eigenvalue weighted by atomic mass is 10.1. The summed E-state index contributed by atoms with van der Waals surface area (Å²) < 4.78 is 5.65. The van der Waals surface area contributed by atoms with Gasteiger partial charge in [-0.1, -0.05) is 34.8 Å². The number of benzene rings is 2. The van der Waals surface area contributed by atoms with Crippen LogP contribution in [0.2, 0.25) is 15.1 Å². The first-order chi connectivity index (χ1) is 13.4. The van der Waals surface area contributed by atoms with E-state index in [9.17, 15) is 9.59 Å². The average Bonchev–Trinajstić information content (AvgIpc) is 2.70. The quantitative estimate of drug-likeness (QED) is 0.741. The summed E-state index contributed by atoms with van der Waals surface area (Å²) in [6, 6.07) is 11.2. The van der Waals surface area contributed by atoms with Crippen LogP contribution >= 0.6 is 34.8 Å². The lowest BCUT2D eigenvalue weighted by molar-refractivity contribution is -0.0190. The Hall–Kier alpha value is -1.99. The molecule has 1 aliphatic heterocycles. The van der Waals surface area contributed by atoms with Crippen molar-refractivity contribution in [2.75, 3.05) is 31.6 Å². The second-order valence-electron chi connectivity index (χ2n) is 6.21. The molecule has 0 radical (unpaired) electrons. The number of morpholine rings is 1. The van der Waals surface area contributed by atoms with E-state index < -0.39 is 0 Å². The van der Waals surface area contributed by atoms with Crippen LogP contribution in [-0.2, 0) is 4.74 Å². The van der Waals surface area contributed by atoms with Gasteiger partial charge >= 0.3 is 6.03 Å². The van der Waals surface area contributed by atoms with E-state index in [4.69, 9.17) is 39.5 Å². The predicted molar refractivity (Wildman–Crippen MR) is 111 cm³/mol. The third kappa shape index (κ3) is 5.52. The summed E-state index contributed by atoms with van der Waals surface area (Å²) in [5, 5.41) is 6.77. The molecular formula is C19H18Cl3N3O3. The highest BCUT2D eigenvalue weighted by molar-refractivity contribution is 6.42. The third-order valence-corrected chi connectivity index (χ3v) is 5.18. The van der Waals surface area contributed by atoms with Crippen molar-refractivity contribution in [2.24, 2.45) is 0 Å². The smallest absolute Gasteiger partial charge is 0.319 e. The molecule has 1 saturated heterocycles. The number of hydrogen-bond donors (Lipinski definition) is 2. The molecule has 2 aromatic carbocycles. The van der Waals surface area contributed by atoms with Crippen LogP contribution in [0, 0.1) is 0 Å². The zero-order chi connectivity index (χ0) is 20.1. The number of anilines is 1. The van der Waals surface area contributed by atoms with Crippen LogP contribution in [0.3, 0.4) is 0 Å². The zero-order valence-corrected chi connectivity index (χ0v) is 17.0. The summed E-state index contributed by atoms with van der Waals surface area (Å²) >= 11 is 17.7. The molecule has 0 bridgehead atoms. The number of urea groups is 1. The molecule has 2 aromatic rings. The Morgan fingerprint density at radius 2 is 1.82 bits per heavy atom. The highest BCUT2D eigenvalue weighted by atomic mass is 35.5. The summed E-state index contributed by atoms with van der Waals surface area (Å²) in [6.45, 7) is 1.48. The van der Waals surface area contributed by atoms with Gasteiger partial charge in [0, 0.05) is 35.9 Å². The van der Waals surface area contributed by atoms with Crippen LogP contribution in [0.25, 0.3) is 0 Å². The Balaban J connectivity index is 1.51. The molecule has 1 unspecified atom stereocenters.